The summed E-state index contributed by atoms with van der Waals surface area (Å²) in [5.41, 5.74) is 4.00. The molecule has 0 saturated carbocycles. The second kappa shape index (κ2) is 9.25. The Bertz CT molecular complexity index is 1250. The molecule has 3 aromatic rings. The molecule has 2 aliphatic rings. The smallest absolute Gasteiger partial charge is 0.307 e. The van der Waals surface area contributed by atoms with E-state index in [9.17, 15) is 14.7 Å². The SMILES string of the molecule is Cc1ccc2nc(N3CCN(C(=O)[C@H]4CC=CC[C@H]4C(=O)O)CC3)nc(-c3ccccc3)c2c1. The number of aliphatic carboxylic acids is 1. The normalized spacial score (nSPS) is 20.5. The zero-order chi connectivity index (χ0) is 23.7. The number of hydrogen-bond donors (Lipinski definition) is 1. The topological polar surface area (TPSA) is 86.6 Å². The molecule has 1 aromatic heterocycles. The number of hydrogen-bond acceptors (Lipinski definition) is 5. The standard InChI is InChI=1S/C27H28N4O3/c1-18-11-12-23-22(17-18)24(19-7-3-2-4-8-19)29-27(28-23)31-15-13-30(14-16-31)25(32)20-9-5-6-10-21(20)26(33)34/h2-8,11-12,17,20-21H,9-10,13-16H2,1H3,(H,33,34)/t20-,21+/m0/s1. The molecule has 0 bridgehead atoms. The molecule has 2 heterocycles. The first-order valence-electron chi connectivity index (χ1n) is 11.8. The minimum absolute atomic E-state index is 0.0590. The highest BCUT2D eigenvalue weighted by atomic mass is 16.4. The zero-order valence-electron chi connectivity index (χ0n) is 19.2. The van der Waals surface area contributed by atoms with Crippen molar-refractivity contribution in [3.8, 4) is 11.3 Å². The van der Waals surface area contributed by atoms with Crippen molar-refractivity contribution in [2.45, 2.75) is 19.8 Å². The lowest BCUT2D eigenvalue weighted by molar-refractivity contribution is -0.150. The van der Waals surface area contributed by atoms with Gasteiger partial charge < -0.3 is 14.9 Å². The van der Waals surface area contributed by atoms with Gasteiger partial charge in [-0.15, -0.1) is 0 Å². The van der Waals surface area contributed by atoms with Gasteiger partial charge in [0.2, 0.25) is 11.9 Å². The predicted molar refractivity (Wildman–Crippen MR) is 131 cm³/mol. The molecule has 1 N–H and O–H groups in total. The van der Waals surface area contributed by atoms with Gasteiger partial charge in [-0.05, 0) is 31.9 Å². The van der Waals surface area contributed by atoms with Crippen molar-refractivity contribution < 1.29 is 14.7 Å². The quantitative estimate of drug-likeness (QED) is 0.599. The number of rotatable bonds is 4. The van der Waals surface area contributed by atoms with Gasteiger partial charge in [0.25, 0.3) is 0 Å². The van der Waals surface area contributed by atoms with E-state index in [-0.39, 0.29) is 5.91 Å². The Morgan fingerprint density at radius 1 is 0.912 bits per heavy atom. The summed E-state index contributed by atoms with van der Waals surface area (Å²) < 4.78 is 0. The lowest BCUT2D eigenvalue weighted by Gasteiger charge is -2.37. The van der Waals surface area contributed by atoms with E-state index < -0.39 is 17.8 Å². The molecule has 1 saturated heterocycles. The second-order valence-electron chi connectivity index (χ2n) is 9.07. The maximum Gasteiger partial charge on any atom is 0.307 e. The number of benzene rings is 2. The van der Waals surface area contributed by atoms with Crippen molar-refractivity contribution in [2.75, 3.05) is 31.1 Å². The Labute approximate surface area is 198 Å². The lowest BCUT2D eigenvalue weighted by atomic mass is 9.82. The fourth-order valence-electron chi connectivity index (χ4n) is 4.91. The Balaban J connectivity index is 1.38. The first-order chi connectivity index (χ1) is 16.5. The second-order valence-corrected chi connectivity index (χ2v) is 9.07. The minimum Gasteiger partial charge on any atom is -0.481 e. The molecule has 174 valence electrons. The van der Waals surface area contributed by atoms with Crippen LogP contribution in [-0.2, 0) is 9.59 Å². The van der Waals surface area contributed by atoms with E-state index in [1.807, 2.05) is 36.4 Å². The average molecular weight is 457 g/mol. The summed E-state index contributed by atoms with van der Waals surface area (Å²) in [5, 5.41) is 10.6. The molecule has 1 amide bonds. The molecular formula is C27H28N4O3. The predicted octanol–water partition coefficient (Wildman–Crippen LogP) is 3.92. The summed E-state index contributed by atoms with van der Waals surface area (Å²) in [5.74, 6) is -1.42. The van der Waals surface area contributed by atoms with Crippen LogP contribution in [0.25, 0.3) is 22.2 Å². The van der Waals surface area contributed by atoms with Gasteiger partial charge in [-0.3, -0.25) is 9.59 Å². The van der Waals surface area contributed by atoms with Crippen molar-refractivity contribution in [1.82, 2.24) is 14.9 Å². The van der Waals surface area contributed by atoms with Gasteiger partial charge >= 0.3 is 5.97 Å². The van der Waals surface area contributed by atoms with Gasteiger partial charge in [0, 0.05) is 37.1 Å². The number of carboxylic acids is 1. The summed E-state index contributed by atoms with van der Waals surface area (Å²) in [7, 11) is 0. The van der Waals surface area contributed by atoms with E-state index in [1.165, 1.54) is 0 Å². The summed E-state index contributed by atoms with van der Waals surface area (Å²) in [6.45, 7) is 4.34. The van der Waals surface area contributed by atoms with Crippen molar-refractivity contribution >= 4 is 28.7 Å². The zero-order valence-corrected chi connectivity index (χ0v) is 19.2. The average Bonchev–Trinajstić information content (AvgIpc) is 2.88. The van der Waals surface area contributed by atoms with Gasteiger partial charge in [-0.1, -0.05) is 54.1 Å². The number of carboxylic acid groups (broad SMARTS) is 1. The van der Waals surface area contributed by atoms with Crippen LogP contribution in [0, 0.1) is 18.8 Å². The molecule has 1 aliphatic carbocycles. The Hall–Kier alpha value is -3.74. The highest BCUT2D eigenvalue weighted by molar-refractivity contribution is 5.93. The molecule has 34 heavy (non-hydrogen) atoms. The first kappa shape index (κ1) is 22.1. The number of nitrogens with zero attached hydrogens (tertiary/aromatic N) is 4. The fraction of sp³-hybridized carbons (Fsp3) is 0.333. The van der Waals surface area contributed by atoms with Crippen LogP contribution in [0.2, 0.25) is 0 Å². The molecular weight excluding hydrogens is 428 g/mol. The van der Waals surface area contributed by atoms with E-state index >= 15 is 0 Å². The number of amides is 1. The Kier molecular flexibility index (Phi) is 6.01. The number of carbonyl (C=O) groups excluding carboxylic acids is 1. The van der Waals surface area contributed by atoms with Gasteiger partial charge in [-0.2, -0.15) is 0 Å². The highest BCUT2D eigenvalue weighted by Crippen LogP contribution is 2.31. The number of aromatic nitrogens is 2. The van der Waals surface area contributed by atoms with Gasteiger partial charge in [0.15, 0.2) is 0 Å². The van der Waals surface area contributed by atoms with Crippen LogP contribution < -0.4 is 4.90 Å². The molecule has 0 unspecified atom stereocenters. The molecule has 2 aromatic carbocycles. The van der Waals surface area contributed by atoms with E-state index in [4.69, 9.17) is 9.97 Å². The third-order valence-corrected chi connectivity index (χ3v) is 6.83. The van der Waals surface area contributed by atoms with Crippen LogP contribution in [0.4, 0.5) is 5.95 Å². The maximum absolute atomic E-state index is 13.1. The maximum atomic E-state index is 13.1. The molecule has 7 nitrogen and oxygen atoms in total. The van der Waals surface area contributed by atoms with E-state index in [0.717, 1.165) is 27.7 Å². The molecule has 5 rings (SSSR count). The van der Waals surface area contributed by atoms with Gasteiger partial charge in [0.1, 0.15) is 0 Å². The van der Waals surface area contributed by atoms with Crippen LogP contribution in [0.15, 0.2) is 60.7 Å². The lowest BCUT2D eigenvalue weighted by Crippen LogP contribution is -2.52. The molecule has 1 fully saturated rings. The molecule has 2 atom stereocenters. The molecule has 0 spiro atoms. The fourth-order valence-corrected chi connectivity index (χ4v) is 4.91. The van der Waals surface area contributed by atoms with E-state index in [0.29, 0.717) is 45.0 Å². The third kappa shape index (κ3) is 4.25. The van der Waals surface area contributed by atoms with E-state index in [1.54, 1.807) is 4.90 Å². The minimum atomic E-state index is -0.894. The largest absolute Gasteiger partial charge is 0.481 e. The number of aryl methyl sites for hydroxylation is 1. The first-order valence-corrected chi connectivity index (χ1v) is 11.8. The van der Waals surface area contributed by atoms with Crippen LogP contribution in [-0.4, -0.2) is 58.0 Å². The van der Waals surface area contributed by atoms with Crippen LogP contribution >= 0.6 is 0 Å². The number of fused-ring (bicyclic) bond motifs is 1. The third-order valence-electron chi connectivity index (χ3n) is 6.83. The summed E-state index contributed by atoms with van der Waals surface area (Å²) in [6.07, 6.45) is 4.69. The van der Waals surface area contributed by atoms with Crippen molar-refractivity contribution in [3.63, 3.8) is 0 Å². The van der Waals surface area contributed by atoms with Crippen LogP contribution in [0.3, 0.4) is 0 Å². The van der Waals surface area contributed by atoms with Crippen LogP contribution in [0.5, 0.6) is 0 Å². The van der Waals surface area contributed by atoms with Gasteiger partial charge in [0.05, 0.1) is 23.0 Å². The number of allylic oxidation sites excluding steroid dienone is 2. The monoisotopic (exact) mass is 456 g/mol. The van der Waals surface area contributed by atoms with Crippen molar-refractivity contribution in [3.05, 3.63) is 66.2 Å². The molecule has 7 heteroatoms. The number of piperazine rings is 1. The number of anilines is 1. The van der Waals surface area contributed by atoms with Crippen molar-refractivity contribution in [1.29, 1.82) is 0 Å². The Morgan fingerprint density at radius 3 is 2.32 bits per heavy atom. The molecule has 1 aliphatic heterocycles. The number of carbonyl (C=O) groups is 2. The van der Waals surface area contributed by atoms with E-state index in [2.05, 4.69) is 36.1 Å². The van der Waals surface area contributed by atoms with Crippen LogP contribution in [0.1, 0.15) is 18.4 Å². The van der Waals surface area contributed by atoms with Crippen molar-refractivity contribution in [2.24, 2.45) is 11.8 Å². The molecule has 0 radical (unpaired) electrons. The highest BCUT2D eigenvalue weighted by Gasteiger charge is 2.37. The summed E-state index contributed by atoms with van der Waals surface area (Å²) in [6, 6.07) is 16.3. The summed E-state index contributed by atoms with van der Waals surface area (Å²) >= 11 is 0. The Morgan fingerprint density at radius 2 is 1.62 bits per heavy atom. The van der Waals surface area contributed by atoms with Gasteiger partial charge in [-0.25, -0.2) is 9.97 Å². The summed E-state index contributed by atoms with van der Waals surface area (Å²) in [4.78, 5) is 38.5.